The zero-order valence-electron chi connectivity index (χ0n) is 10.1. The molecule has 0 aromatic carbocycles. The molecular formula is C10H17N3O4. The van der Waals surface area contributed by atoms with Crippen molar-refractivity contribution in [2.75, 3.05) is 20.6 Å². The number of amides is 3. The van der Waals surface area contributed by atoms with Crippen LogP contribution in [-0.2, 0) is 9.59 Å². The van der Waals surface area contributed by atoms with E-state index in [-0.39, 0.29) is 6.04 Å². The van der Waals surface area contributed by atoms with Crippen LogP contribution in [0.25, 0.3) is 0 Å². The van der Waals surface area contributed by atoms with Crippen molar-refractivity contribution in [2.24, 2.45) is 0 Å². The van der Waals surface area contributed by atoms with Crippen molar-refractivity contribution in [2.45, 2.75) is 13.0 Å². The van der Waals surface area contributed by atoms with Gasteiger partial charge in [-0.05, 0) is 21.0 Å². The second-order valence-corrected chi connectivity index (χ2v) is 3.80. The van der Waals surface area contributed by atoms with Crippen molar-refractivity contribution >= 4 is 17.9 Å². The van der Waals surface area contributed by atoms with Crippen LogP contribution in [-0.4, -0.2) is 54.6 Å². The maximum atomic E-state index is 11.2. The predicted molar refractivity (Wildman–Crippen MR) is 61.5 cm³/mol. The van der Waals surface area contributed by atoms with Crippen LogP contribution in [0.5, 0.6) is 0 Å². The predicted octanol–water partition coefficient (Wildman–Crippen LogP) is -0.597. The van der Waals surface area contributed by atoms with Crippen molar-refractivity contribution in [3.63, 3.8) is 0 Å². The fourth-order valence-electron chi connectivity index (χ4n) is 1.15. The lowest BCUT2D eigenvalue weighted by molar-refractivity contribution is -0.131. The van der Waals surface area contributed by atoms with Crippen LogP contribution in [0.2, 0.25) is 0 Å². The van der Waals surface area contributed by atoms with E-state index in [0.29, 0.717) is 12.6 Å². The molecule has 1 unspecified atom stereocenters. The van der Waals surface area contributed by atoms with Gasteiger partial charge >= 0.3 is 12.0 Å². The lowest BCUT2D eigenvalue weighted by atomic mass is 10.3. The van der Waals surface area contributed by atoms with Crippen LogP contribution in [0.4, 0.5) is 4.79 Å². The highest BCUT2D eigenvalue weighted by atomic mass is 16.4. The third kappa shape index (κ3) is 9.06. The molecule has 0 aliphatic carbocycles. The number of carboxylic acids is 1. The number of aliphatic carboxylic acids is 1. The van der Waals surface area contributed by atoms with Crippen molar-refractivity contribution < 1.29 is 19.5 Å². The van der Waals surface area contributed by atoms with E-state index in [2.05, 4.69) is 5.32 Å². The van der Waals surface area contributed by atoms with Gasteiger partial charge in [0.05, 0.1) is 0 Å². The average molecular weight is 243 g/mol. The number of hydrogen-bond acceptors (Lipinski definition) is 4. The van der Waals surface area contributed by atoms with E-state index in [1.54, 1.807) is 6.92 Å². The van der Waals surface area contributed by atoms with Crippen molar-refractivity contribution in [1.82, 2.24) is 15.5 Å². The average Bonchev–Trinajstić information content (AvgIpc) is 2.12. The lowest BCUT2D eigenvalue weighted by Crippen LogP contribution is -2.46. The van der Waals surface area contributed by atoms with Gasteiger partial charge in [0.2, 0.25) is 0 Å². The number of imide groups is 1. The van der Waals surface area contributed by atoms with E-state index in [0.717, 1.165) is 6.08 Å². The molecule has 3 amide bonds. The molecule has 0 rings (SSSR count). The quantitative estimate of drug-likeness (QED) is 0.560. The second-order valence-electron chi connectivity index (χ2n) is 3.80. The van der Waals surface area contributed by atoms with Crippen LogP contribution in [0.3, 0.4) is 0 Å². The first-order valence-corrected chi connectivity index (χ1v) is 4.98. The second kappa shape index (κ2) is 7.39. The smallest absolute Gasteiger partial charge is 0.328 e. The fraction of sp³-hybridized carbons (Fsp3) is 0.500. The number of nitrogens with one attached hydrogen (secondary N) is 2. The molecule has 0 heterocycles. The van der Waals surface area contributed by atoms with E-state index in [1.807, 2.05) is 24.3 Å². The van der Waals surface area contributed by atoms with Crippen molar-refractivity contribution in [3.8, 4) is 0 Å². The van der Waals surface area contributed by atoms with E-state index in [4.69, 9.17) is 5.11 Å². The number of carbonyl (C=O) groups is 3. The third-order valence-electron chi connectivity index (χ3n) is 1.63. The molecule has 0 bridgehead atoms. The summed E-state index contributed by atoms with van der Waals surface area (Å²) in [7, 11) is 3.72. The van der Waals surface area contributed by atoms with Gasteiger partial charge in [0.15, 0.2) is 0 Å². The molecule has 0 saturated heterocycles. The van der Waals surface area contributed by atoms with Crippen LogP contribution in [0.1, 0.15) is 6.92 Å². The van der Waals surface area contributed by atoms with Gasteiger partial charge in [0, 0.05) is 24.7 Å². The lowest BCUT2D eigenvalue weighted by Gasteiger charge is -2.17. The summed E-state index contributed by atoms with van der Waals surface area (Å²) >= 11 is 0. The maximum absolute atomic E-state index is 11.2. The van der Waals surface area contributed by atoms with Gasteiger partial charge in [-0.25, -0.2) is 9.59 Å². The van der Waals surface area contributed by atoms with E-state index in [1.165, 1.54) is 0 Å². The molecule has 0 spiro atoms. The summed E-state index contributed by atoms with van der Waals surface area (Å²) in [6.45, 7) is 2.42. The Morgan fingerprint density at radius 1 is 1.29 bits per heavy atom. The summed E-state index contributed by atoms with van der Waals surface area (Å²) in [5.41, 5.74) is 0. The number of nitrogens with zero attached hydrogens (tertiary/aromatic N) is 1. The molecule has 1 atom stereocenters. The Morgan fingerprint density at radius 3 is 2.35 bits per heavy atom. The van der Waals surface area contributed by atoms with Crippen LogP contribution in [0, 0.1) is 0 Å². The maximum Gasteiger partial charge on any atom is 0.328 e. The first-order valence-electron chi connectivity index (χ1n) is 4.98. The van der Waals surface area contributed by atoms with Crippen LogP contribution in [0.15, 0.2) is 12.2 Å². The molecule has 7 nitrogen and oxygen atoms in total. The van der Waals surface area contributed by atoms with E-state index in [9.17, 15) is 14.4 Å². The largest absolute Gasteiger partial charge is 0.478 e. The van der Waals surface area contributed by atoms with Crippen molar-refractivity contribution in [1.29, 1.82) is 0 Å². The first kappa shape index (κ1) is 15.1. The van der Waals surface area contributed by atoms with E-state index < -0.39 is 17.9 Å². The summed E-state index contributed by atoms with van der Waals surface area (Å²) in [6.07, 6.45) is 1.43. The topological polar surface area (TPSA) is 98.7 Å². The Hall–Kier alpha value is -1.89. The Labute approximate surface area is 99.5 Å². The molecule has 0 aromatic rings. The summed E-state index contributed by atoms with van der Waals surface area (Å²) in [4.78, 5) is 34.3. The molecule has 0 aliphatic rings. The minimum absolute atomic E-state index is 0.124. The zero-order chi connectivity index (χ0) is 13.4. The Bertz CT molecular complexity index is 326. The Morgan fingerprint density at radius 2 is 1.88 bits per heavy atom. The molecule has 0 radical (unpaired) electrons. The SMILES string of the molecule is CC(CN(C)C)NC(=O)NC(=O)/C=C/C(=O)O. The number of hydrogen-bond donors (Lipinski definition) is 3. The highest BCUT2D eigenvalue weighted by Crippen LogP contribution is 1.85. The standard InChI is InChI=1S/C10H17N3O4/c1-7(6-13(2)3)11-10(17)12-8(14)4-5-9(15)16/h4-5,7H,6H2,1-3H3,(H,15,16)(H2,11,12,14,17)/b5-4+. The molecule has 0 aromatic heterocycles. The number of likely N-dealkylation sites (N-methyl/N-ethyl adjacent to an activating group) is 1. The van der Waals surface area contributed by atoms with Crippen LogP contribution < -0.4 is 10.6 Å². The Kier molecular flexibility index (Phi) is 6.57. The molecule has 0 saturated carbocycles. The summed E-state index contributed by atoms with van der Waals surface area (Å²) in [5, 5.41) is 12.8. The van der Waals surface area contributed by atoms with Gasteiger partial charge in [0.1, 0.15) is 0 Å². The summed E-state index contributed by atoms with van der Waals surface area (Å²) < 4.78 is 0. The minimum Gasteiger partial charge on any atom is -0.478 e. The third-order valence-corrected chi connectivity index (χ3v) is 1.63. The highest BCUT2D eigenvalue weighted by molar-refractivity contribution is 6.02. The van der Waals surface area contributed by atoms with Crippen LogP contribution >= 0.6 is 0 Å². The normalized spacial score (nSPS) is 12.5. The summed E-state index contributed by atoms with van der Waals surface area (Å²) in [5.74, 6) is -2.02. The molecule has 96 valence electrons. The minimum atomic E-state index is -1.25. The number of carboxylic acid groups (broad SMARTS) is 1. The highest BCUT2D eigenvalue weighted by Gasteiger charge is 2.09. The fourth-order valence-corrected chi connectivity index (χ4v) is 1.15. The summed E-state index contributed by atoms with van der Waals surface area (Å²) in [6, 6.07) is -0.777. The molecule has 7 heteroatoms. The molecule has 17 heavy (non-hydrogen) atoms. The van der Waals surface area contributed by atoms with Gasteiger partial charge in [-0.15, -0.1) is 0 Å². The zero-order valence-corrected chi connectivity index (χ0v) is 10.1. The van der Waals surface area contributed by atoms with Gasteiger partial charge in [-0.2, -0.15) is 0 Å². The first-order chi connectivity index (χ1) is 7.81. The Balaban J connectivity index is 4.01. The molecular weight excluding hydrogens is 226 g/mol. The van der Waals surface area contributed by atoms with Gasteiger partial charge < -0.3 is 15.3 Å². The van der Waals surface area contributed by atoms with Gasteiger partial charge in [-0.3, -0.25) is 10.1 Å². The van der Waals surface area contributed by atoms with Gasteiger partial charge in [0.25, 0.3) is 5.91 Å². The molecule has 0 fully saturated rings. The number of urea groups is 1. The monoisotopic (exact) mass is 243 g/mol. The van der Waals surface area contributed by atoms with E-state index >= 15 is 0 Å². The number of carbonyl (C=O) groups excluding carboxylic acids is 2. The van der Waals surface area contributed by atoms with Crippen molar-refractivity contribution in [3.05, 3.63) is 12.2 Å². The molecule has 3 N–H and O–H groups in total. The number of rotatable bonds is 5. The van der Waals surface area contributed by atoms with Gasteiger partial charge in [-0.1, -0.05) is 0 Å². The molecule has 0 aliphatic heterocycles.